The highest BCUT2D eigenvalue weighted by Crippen LogP contribution is 2.15. The fraction of sp³-hybridized carbons (Fsp3) is 0.533. The summed E-state index contributed by atoms with van der Waals surface area (Å²) in [6.07, 6.45) is 1.72. The molecule has 0 heterocycles. The fourth-order valence-corrected chi connectivity index (χ4v) is 1.58. The number of carbonyl (C=O) groups is 1. The molecule has 0 radical (unpaired) electrons. The summed E-state index contributed by atoms with van der Waals surface area (Å²) in [6, 6.07) is 9.11. The van der Waals surface area contributed by atoms with Crippen LogP contribution in [-0.2, 0) is 0 Å². The van der Waals surface area contributed by atoms with E-state index in [4.69, 9.17) is 4.74 Å². The van der Waals surface area contributed by atoms with E-state index in [-0.39, 0.29) is 11.6 Å². The minimum Gasteiger partial charge on any atom is -0.409 e. The lowest BCUT2D eigenvalue weighted by Gasteiger charge is -2.34. The van der Waals surface area contributed by atoms with E-state index < -0.39 is 0 Å². The maximum absolute atomic E-state index is 12.2. The third-order valence-corrected chi connectivity index (χ3v) is 2.60. The second-order valence-corrected chi connectivity index (χ2v) is 5.45. The smallest absolute Gasteiger partial charge is 0.409 e. The van der Waals surface area contributed by atoms with E-state index in [0.29, 0.717) is 5.75 Å². The fourth-order valence-electron chi connectivity index (χ4n) is 1.58. The number of hydrogen-bond acceptors (Lipinski definition) is 3. The average Bonchev–Trinajstić information content (AvgIpc) is 2.34. The normalized spacial score (nSPS) is 11.2. The molecule has 0 atom stereocenters. The number of carbonyl (C=O) groups excluding carboxylic acids is 1. The van der Waals surface area contributed by atoms with Crippen molar-refractivity contribution >= 4 is 6.09 Å². The Balaban J connectivity index is 2.66. The van der Waals surface area contributed by atoms with Gasteiger partial charge in [-0.3, -0.25) is 0 Å². The van der Waals surface area contributed by atoms with E-state index in [2.05, 4.69) is 12.3 Å². The summed E-state index contributed by atoms with van der Waals surface area (Å²) in [6.45, 7) is 8.79. The standard InChI is InChI=1S/C15H24N2O2/c1-5-6-12-16-17(15(2,3)4)14(18)19-13-10-8-7-9-11-13/h7-11,16H,5-6,12H2,1-4H3. The van der Waals surface area contributed by atoms with Crippen molar-refractivity contribution in [2.24, 2.45) is 0 Å². The van der Waals surface area contributed by atoms with Crippen LogP contribution < -0.4 is 10.2 Å². The van der Waals surface area contributed by atoms with Gasteiger partial charge in [-0.2, -0.15) is 0 Å². The number of hydrogen-bond donors (Lipinski definition) is 1. The van der Waals surface area contributed by atoms with Crippen LogP contribution in [-0.4, -0.2) is 23.2 Å². The zero-order valence-electron chi connectivity index (χ0n) is 12.3. The van der Waals surface area contributed by atoms with Gasteiger partial charge in [-0.15, -0.1) is 0 Å². The van der Waals surface area contributed by atoms with Gasteiger partial charge in [-0.05, 0) is 39.3 Å². The van der Waals surface area contributed by atoms with E-state index in [1.165, 1.54) is 0 Å². The van der Waals surface area contributed by atoms with Gasteiger partial charge in [0.15, 0.2) is 0 Å². The van der Waals surface area contributed by atoms with Crippen LogP contribution in [0.4, 0.5) is 4.79 Å². The molecule has 0 aliphatic rings. The Labute approximate surface area is 115 Å². The first-order valence-electron chi connectivity index (χ1n) is 6.75. The second-order valence-electron chi connectivity index (χ2n) is 5.45. The molecule has 19 heavy (non-hydrogen) atoms. The molecule has 0 unspecified atom stereocenters. The van der Waals surface area contributed by atoms with Crippen LogP contribution in [0.15, 0.2) is 30.3 Å². The number of rotatable bonds is 5. The zero-order chi connectivity index (χ0) is 14.3. The minimum absolute atomic E-state index is 0.334. The molecular weight excluding hydrogens is 240 g/mol. The number of hydrazine groups is 1. The Bertz CT molecular complexity index is 385. The number of nitrogens with zero attached hydrogens (tertiary/aromatic N) is 1. The largest absolute Gasteiger partial charge is 0.430 e. The van der Waals surface area contributed by atoms with Gasteiger partial charge in [-0.25, -0.2) is 15.2 Å². The molecule has 4 nitrogen and oxygen atoms in total. The Morgan fingerprint density at radius 1 is 1.26 bits per heavy atom. The van der Waals surface area contributed by atoms with Crippen molar-refractivity contribution in [1.82, 2.24) is 10.4 Å². The molecule has 4 heteroatoms. The van der Waals surface area contributed by atoms with Gasteiger partial charge in [0.2, 0.25) is 0 Å². The molecule has 0 saturated carbocycles. The highest BCUT2D eigenvalue weighted by atomic mass is 16.6. The lowest BCUT2D eigenvalue weighted by Crippen LogP contribution is -2.55. The van der Waals surface area contributed by atoms with Crippen LogP contribution in [0, 0.1) is 0 Å². The molecule has 0 saturated heterocycles. The van der Waals surface area contributed by atoms with E-state index in [9.17, 15) is 4.79 Å². The number of benzene rings is 1. The van der Waals surface area contributed by atoms with Crippen molar-refractivity contribution in [2.75, 3.05) is 6.54 Å². The molecule has 1 N–H and O–H groups in total. The first-order chi connectivity index (χ1) is 8.95. The van der Waals surface area contributed by atoms with Gasteiger partial charge < -0.3 is 4.74 Å². The second kappa shape index (κ2) is 7.14. The van der Waals surface area contributed by atoms with Gasteiger partial charge in [0.1, 0.15) is 5.75 Å². The highest BCUT2D eigenvalue weighted by Gasteiger charge is 2.27. The first-order valence-corrected chi connectivity index (χ1v) is 6.75. The molecule has 0 aromatic heterocycles. The van der Waals surface area contributed by atoms with Gasteiger partial charge in [0.05, 0.1) is 5.54 Å². The SMILES string of the molecule is CCCCNN(C(=O)Oc1ccccc1)C(C)(C)C. The molecule has 1 rings (SSSR count). The predicted octanol–water partition coefficient (Wildman–Crippen LogP) is 3.59. The van der Waals surface area contributed by atoms with E-state index in [1.807, 2.05) is 39.0 Å². The molecule has 106 valence electrons. The third kappa shape index (κ3) is 5.30. The van der Waals surface area contributed by atoms with Crippen molar-refractivity contribution in [1.29, 1.82) is 0 Å². The Morgan fingerprint density at radius 3 is 2.42 bits per heavy atom. The highest BCUT2D eigenvalue weighted by molar-refractivity contribution is 5.70. The van der Waals surface area contributed by atoms with Crippen LogP contribution in [0.5, 0.6) is 5.75 Å². The van der Waals surface area contributed by atoms with Gasteiger partial charge >= 0.3 is 6.09 Å². The van der Waals surface area contributed by atoms with Crippen molar-refractivity contribution in [3.63, 3.8) is 0 Å². The van der Waals surface area contributed by atoms with Crippen molar-refractivity contribution < 1.29 is 9.53 Å². The molecule has 0 bridgehead atoms. The quantitative estimate of drug-likeness (QED) is 0.652. The number of para-hydroxylation sites is 1. The molecule has 0 fully saturated rings. The van der Waals surface area contributed by atoms with Gasteiger partial charge in [0.25, 0.3) is 0 Å². The Morgan fingerprint density at radius 2 is 1.89 bits per heavy atom. The van der Waals surface area contributed by atoms with Crippen molar-refractivity contribution in [2.45, 2.75) is 46.1 Å². The third-order valence-electron chi connectivity index (χ3n) is 2.60. The summed E-state index contributed by atoms with van der Waals surface area (Å²) in [7, 11) is 0. The summed E-state index contributed by atoms with van der Waals surface area (Å²) in [4.78, 5) is 12.2. The molecule has 1 aromatic rings. The van der Waals surface area contributed by atoms with Crippen LogP contribution in [0.2, 0.25) is 0 Å². The van der Waals surface area contributed by atoms with Crippen molar-refractivity contribution in [3.8, 4) is 5.75 Å². The average molecular weight is 264 g/mol. The maximum atomic E-state index is 12.2. The molecule has 0 aliphatic heterocycles. The Kier molecular flexibility index (Phi) is 5.83. The van der Waals surface area contributed by atoms with Crippen LogP contribution in [0.1, 0.15) is 40.5 Å². The van der Waals surface area contributed by atoms with E-state index in [1.54, 1.807) is 17.1 Å². The van der Waals surface area contributed by atoms with Crippen LogP contribution in [0.3, 0.4) is 0 Å². The van der Waals surface area contributed by atoms with Gasteiger partial charge in [-0.1, -0.05) is 31.5 Å². The molecular formula is C15H24N2O2. The summed E-state index contributed by atoms with van der Waals surface area (Å²) in [5, 5.41) is 1.55. The van der Waals surface area contributed by atoms with Crippen LogP contribution >= 0.6 is 0 Å². The Hall–Kier alpha value is -1.55. The lowest BCUT2D eigenvalue weighted by molar-refractivity contribution is 0.0696. The lowest BCUT2D eigenvalue weighted by atomic mass is 10.1. The van der Waals surface area contributed by atoms with Crippen molar-refractivity contribution in [3.05, 3.63) is 30.3 Å². The topological polar surface area (TPSA) is 41.6 Å². The molecule has 0 aliphatic carbocycles. The summed E-state index contributed by atoms with van der Waals surface area (Å²) in [5.41, 5.74) is 2.81. The van der Waals surface area contributed by atoms with E-state index >= 15 is 0 Å². The number of unbranched alkanes of at least 4 members (excludes halogenated alkanes) is 1. The maximum Gasteiger partial charge on any atom is 0.430 e. The number of ether oxygens (including phenoxy) is 1. The number of amides is 1. The van der Waals surface area contributed by atoms with E-state index in [0.717, 1.165) is 19.4 Å². The molecule has 1 aromatic carbocycles. The monoisotopic (exact) mass is 264 g/mol. The summed E-state index contributed by atoms with van der Waals surface area (Å²) in [5.74, 6) is 0.555. The zero-order valence-corrected chi connectivity index (χ0v) is 12.3. The molecule has 0 spiro atoms. The van der Waals surface area contributed by atoms with Crippen LogP contribution in [0.25, 0.3) is 0 Å². The van der Waals surface area contributed by atoms with Gasteiger partial charge in [0, 0.05) is 6.54 Å². The molecule has 1 amide bonds. The number of nitrogens with one attached hydrogen (secondary N) is 1. The minimum atomic E-state index is -0.380. The summed E-state index contributed by atoms with van der Waals surface area (Å²) < 4.78 is 5.36. The predicted molar refractivity (Wildman–Crippen MR) is 77.0 cm³/mol. The first kappa shape index (κ1) is 15.5. The summed E-state index contributed by atoms with van der Waals surface area (Å²) >= 11 is 0.